The first kappa shape index (κ1) is 19.4. The van der Waals surface area contributed by atoms with E-state index in [4.69, 9.17) is 0 Å². The summed E-state index contributed by atoms with van der Waals surface area (Å²) in [5, 5.41) is 4.42. The van der Waals surface area contributed by atoms with Crippen LogP contribution in [0.1, 0.15) is 32.1 Å². The third-order valence-corrected chi connectivity index (χ3v) is 9.33. The van der Waals surface area contributed by atoms with E-state index in [-0.39, 0.29) is 15.3 Å². The van der Waals surface area contributed by atoms with Crippen LogP contribution in [0.4, 0.5) is 5.82 Å². The molecule has 0 amide bonds. The van der Waals surface area contributed by atoms with Gasteiger partial charge in [-0.2, -0.15) is 5.10 Å². The summed E-state index contributed by atoms with van der Waals surface area (Å²) >= 11 is 0. The van der Waals surface area contributed by atoms with Crippen molar-refractivity contribution in [2.24, 2.45) is 0 Å². The van der Waals surface area contributed by atoms with Gasteiger partial charge < -0.3 is 0 Å². The summed E-state index contributed by atoms with van der Waals surface area (Å²) in [6.45, 7) is 0.371. The molecule has 10 heteroatoms. The fourth-order valence-electron chi connectivity index (χ4n) is 4.18. The maximum absolute atomic E-state index is 13.3. The SMILES string of the molecule is CN(C)S(=O)(=O)c1ccc(S(=O)(=O)N2CC3(CCCCC3)n3nccc32)cc1. The van der Waals surface area contributed by atoms with Crippen LogP contribution in [0, 0.1) is 0 Å². The van der Waals surface area contributed by atoms with Gasteiger partial charge in [-0.05, 0) is 37.1 Å². The molecule has 0 atom stereocenters. The predicted octanol–water partition coefficient (Wildman–Crippen LogP) is 2.00. The van der Waals surface area contributed by atoms with Crippen LogP contribution < -0.4 is 4.31 Å². The van der Waals surface area contributed by atoms with Gasteiger partial charge in [0.2, 0.25) is 10.0 Å². The van der Waals surface area contributed by atoms with Gasteiger partial charge >= 0.3 is 0 Å². The number of anilines is 1. The first-order valence-corrected chi connectivity index (χ1v) is 12.2. The zero-order chi connectivity index (χ0) is 20.2. The maximum atomic E-state index is 13.3. The van der Waals surface area contributed by atoms with Crippen LogP contribution >= 0.6 is 0 Å². The van der Waals surface area contributed by atoms with Crippen LogP contribution in [0.2, 0.25) is 0 Å². The molecule has 4 rings (SSSR count). The summed E-state index contributed by atoms with van der Waals surface area (Å²) in [5.41, 5.74) is -0.279. The topological polar surface area (TPSA) is 92.6 Å². The third kappa shape index (κ3) is 2.85. The lowest BCUT2D eigenvalue weighted by Gasteiger charge is -2.33. The van der Waals surface area contributed by atoms with Gasteiger partial charge in [0.05, 0.1) is 28.1 Å². The van der Waals surface area contributed by atoms with Crippen molar-refractivity contribution in [2.75, 3.05) is 24.9 Å². The maximum Gasteiger partial charge on any atom is 0.265 e. The lowest BCUT2D eigenvalue weighted by atomic mass is 9.82. The number of rotatable bonds is 4. The van der Waals surface area contributed by atoms with Crippen molar-refractivity contribution in [1.29, 1.82) is 0 Å². The average molecular weight is 425 g/mol. The van der Waals surface area contributed by atoms with E-state index < -0.39 is 20.0 Å². The highest BCUT2D eigenvalue weighted by molar-refractivity contribution is 7.93. The molecule has 1 fully saturated rings. The Labute approximate surface area is 165 Å². The molecule has 28 heavy (non-hydrogen) atoms. The molecule has 2 heterocycles. The molecule has 0 N–H and O–H groups in total. The third-order valence-electron chi connectivity index (χ3n) is 5.74. The van der Waals surface area contributed by atoms with Gasteiger partial charge in [-0.1, -0.05) is 19.3 Å². The fraction of sp³-hybridized carbons (Fsp3) is 0.500. The minimum Gasteiger partial charge on any atom is -0.247 e. The lowest BCUT2D eigenvalue weighted by molar-refractivity contribution is 0.207. The Hall–Kier alpha value is -1.91. The van der Waals surface area contributed by atoms with Gasteiger partial charge in [0.15, 0.2) is 0 Å². The Morgan fingerprint density at radius 3 is 2.14 bits per heavy atom. The lowest BCUT2D eigenvalue weighted by Crippen LogP contribution is -2.41. The largest absolute Gasteiger partial charge is 0.265 e. The number of nitrogens with zero attached hydrogens (tertiary/aromatic N) is 4. The summed E-state index contributed by atoms with van der Waals surface area (Å²) in [7, 11) is -4.55. The molecule has 2 aromatic rings. The summed E-state index contributed by atoms with van der Waals surface area (Å²) < 4.78 is 55.5. The Kier molecular flexibility index (Phi) is 4.55. The van der Waals surface area contributed by atoms with E-state index in [1.54, 1.807) is 12.3 Å². The molecule has 1 aromatic heterocycles. The Bertz CT molecular complexity index is 1080. The molecule has 0 radical (unpaired) electrons. The molecule has 1 aromatic carbocycles. The molecule has 1 saturated carbocycles. The van der Waals surface area contributed by atoms with Gasteiger partial charge in [-0.15, -0.1) is 0 Å². The zero-order valence-corrected chi connectivity index (χ0v) is 17.6. The van der Waals surface area contributed by atoms with Crippen molar-refractivity contribution in [1.82, 2.24) is 14.1 Å². The average Bonchev–Trinajstić information content (AvgIpc) is 3.26. The zero-order valence-electron chi connectivity index (χ0n) is 15.9. The second kappa shape index (κ2) is 6.57. The van der Waals surface area contributed by atoms with Crippen LogP contribution in [0.3, 0.4) is 0 Å². The minimum atomic E-state index is -3.82. The van der Waals surface area contributed by atoms with Crippen molar-refractivity contribution < 1.29 is 16.8 Å². The Morgan fingerprint density at radius 1 is 0.929 bits per heavy atom. The second-order valence-corrected chi connectivity index (χ2v) is 11.7. The van der Waals surface area contributed by atoms with Crippen LogP contribution in [0.15, 0.2) is 46.3 Å². The van der Waals surface area contributed by atoms with Gasteiger partial charge in [0.1, 0.15) is 5.82 Å². The summed E-state index contributed by atoms with van der Waals surface area (Å²) in [4.78, 5) is 0.137. The monoisotopic (exact) mass is 424 g/mol. The van der Waals surface area contributed by atoms with E-state index in [2.05, 4.69) is 5.10 Å². The van der Waals surface area contributed by atoms with Gasteiger partial charge in [-0.25, -0.2) is 30.1 Å². The summed E-state index contributed by atoms with van der Waals surface area (Å²) in [5.74, 6) is 0.576. The molecular weight excluding hydrogens is 400 g/mol. The van der Waals surface area contributed by atoms with Crippen molar-refractivity contribution >= 4 is 25.9 Å². The second-order valence-electron chi connectivity index (χ2n) is 7.66. The molecule has 0 saturated heterocycles. The van der Waals surface area contributed by atoms with Crippen LogP contribution in [0.5, 0.6) is 0 Å². The number of benzene rings is 1. The molecule has 1 aliphatic carbocycles. The van der Waals surface area contributed by atoms with E-state index in [1.165, 1.54) is 42.7 Å². The quantitative estimate of drug-likeness (QED) is 0.748. The van der Waals surface area contributed by atoms with Crippen LogP contribution in [-0.2, 0) is 25.6 Å². The highest BCUT2D eigenvalue weighted by atomic mass is 32.2. The van der Waals surface area contributed by atoms with Gasteiger partial charge in [0, 0.05) is 20.2 Å². The molecule has 0 bridgehead atoms. The molecule has 8 nitrogen and oxygen atoms in total. The van der Waals surface area contributed by atoms with Crippen molar-refractivity contribution in [3.05, 3.63) is 36.5 Å². The first-order chi connectivity index (χ1) is 13.2. The molecule has 0 unspecified atom stereocenters. The van der Waals surface area contributed by atoms with E-state index in [0.29, 0.717) is 12.4 Å². The normalized spacial score (nSPS) is 19.3. The van der Waals surface area contributed by atoms with Crippen molar-refractivity contribution in [3.63, 3.8) is 0 Å². The number of fused-ring (bicyclic) bond motifs is 2. The predicted molar refractivity (Wildman–Crippen MR) is 105 cm³/mol. The number of aromatic nitrogens is 2. The first-order valence-electron chi connectivity index (χ1n) is 9.28. The summed E-state index contributed by atoms with van der Waals surface area (Å²) in [6, 6.07) is 7.13. The number of sulfonamides is 2. The highest BCUT2D eigenvalue weighted by Gasteiger charge is 2.47. The molecule has 1 aliphatic heterocycles. The van der Waals surface area contributed by atoms with E-state index in [1.807, 2.05) is 4.68 Å². The van der Waals surface area contributed by atoms with Gasteiger partial charge in [0.25, 0.3) is 10.0 Å². The number of hydrogen-bond donors (Lipinski definition) is 0. The standard InChI is InChI=1S/C18H24N4O4S2/c1-20(2)27(23,24)15-6-8-16(9-7-15)28(25,26)21-14-18(11-4-3-5-12-18)22-17(21)10-13-19-22/h6-10,13H,3-5,11-12,14H2,1-2H3. The molecule has 1 spiro atoms. The molecule has 152 valence electrons. The van der Waals surface area contributed by atoms with Gasteiger partial charge in [-0.3, -0.25) is 0 Å². The fourth-order valence-corrected chi connectivity index (χ4v) is 6.61. The van der Waals surface area contributed by atoms with Crippen LogP contribution in [0.25, 0.3) is 0 Å². The Morgan fingerprint density at radius 2 is 1.54 bits per heavy atom. The van der Waals surface area contributed by atoms with Crippen molar-refractivity contribution in [3.8, 4) is 0 Å². The summed E-state index contributed by atoms with van der Waals surface area (Å²) in [6.07, 6.45) is 6.74. The minimum absolute atomic E-state index is 0.0617. The van der Waals surface area contributed by atoms with Crippen LogP contribution in [-0.4, -0.2) is 51.6 Å². The Balaban J connectivity index is 1.70. The van der Waals surface area contributed by atoms with Crippen molar-refractivity contribution in [2.45, 2.75) is 47.4 Å². The van der Waals surface area contributed by atoms with E-state index in [0.717, 1.165) is 36.4 Å². The highest BCUT2D eigenvalue weighted by Crippen LogP contribution is 2.45. The molecule has 2 aliphatic rings. The smallest absolute Gasteiger partial charge is 0.247 e. The van der Waals surface area contributed by atoms with E-state index in [9.17, 15) is 16.8 Å². The molecular formula is C18H24N4O4S2. The number of hydrogen-bond acceptors (Lipinski definition) is 5. The van der Waals surface area contributed by atoms with E-state index >= 15 is 0 Å².